The van der Waals surface area contributed by atoms with Crippen LogP contribution in [0.1, 0.15) is 11.3 Å². The minimum absolute atomic E-state index is 0.137. The van der Waals surface area contributed by atoms with Crippen LogP contribution >= 0.6 is 22.7 Å². The van der Waals surface area contributed by atoms with E-state index < -0.39 is 30.2 Å². The molecule has 0 aliphatic rings. The zero-order valence-corrected chi connectivity index (χ0v) is 18.2. The first-order valence-corrected chi connectivity index (χ1v) is 11.1. The summed E-state index contributed by atoms with van der Waals surface area (Å²) in [5, 5.41) is 12.6. The fourth-order valence-electron chi connectivity index (χ4n) is 2.78. The highest BCUT2D eigenvalue weighted by molar-refractivity contribution is 7.14. The lowest BCUT2D eigenvalue weighted by molar-refractivity contribution is -0.146. The van der Waals surface area contributed by atoms with Gasteiger partial charge in [0.15, 0.2) is 6.61 Å². The zero-order chi connectivity index (χ0) is 23.4. The fraction of sp³-hybridized carbons (Fsp3) is 0.150. The monoisotopic (exact) mass is 493 g/mol. The molecule has 1 aromatic carbocycles. The highest BCUT2D eigenvalue weighted by Crippen LogP contribution is 2.33. The number of thiophene rings is 1. The summed E-state index contributed by atoms with van der Waals surface area (Å²) in [6.45, 7) is -0.673. The Kier molecular flexibility index (Phi) is 6.51. The van der Waals surface area contributed by atoms with E-state index in [-0.39, 0.29) is 17.8 Å². The zero-order valence-electron chi connectivity index (χ0n) is 16.6. The lowest BCUT2D eigenvalue weighted by Gasteiger charge is -2.14. The summed E-state index contributed by atoms with van der Waals surface area (Å²) < 4.78 is 45.5. The van der Waals surface area contributed by atoms with Gasteiger partial charge in [-0.25, -0.2) is 14.6 Å². The van der Waals surface area contributed by atoms with Crippen LogP contribution in [0.5, 0.6) is 0 Å². The maximum atomic E-state index is 13.1. The summed E-state index contributed by atoms with van der Waals surface area (Å²) >= 11 is 2.91. The molecule has 0 spiro atoms. The summed E-state index contributed by atoms with van der Waals surface area (Å²) in [6.07, 6.45) is -2.27. The summed E-state index contributed by atoms with van der Waals surface area (Å²) in [5.74, 6) is -1.49. The normalized spacial score (nSPS) is 11.4. The van der Waals surface area contributed by atoms with E-state index in [2.05, 4.69) is 20.4 Å². The van der Waals surface area contributed by atoms with E-state index in [4.69, 9.17) is 4.74 Å². The molecule has 0 aliphatic carbocycles. The number of thiazole rings is 1. The number of anilines is 1. The quantitative estimate of drug-likeness (QED) is 0.388. The predicted molar refractivity (Wildman–Crippen MR) is 115 cm³/mol. The van der Waals surface area contributed by atoms with E-state index in [9.17, 15) is 22.8 Å². The summed E-state index contributed by atoms with van der Waals surface area (Å²) in [4.78, 5) is 32.5. The first-order chi connectivity index (χ1) is 15.8. The number of rotatable bonds is 7. The van der Waals surface area contributed by atoms with Crippen molar-refractivity contribution in [2.75, 3.05) is 11.9 Å². The molecule has 3 aromatic heterocycles. The van der Waals surface area contributed by atoms with Gasteiger partial charge in [0.1, 0.15) is 17.7 Å². The Morgan fingerprint density at radius 3 is 2.73 bits per heavy atom. The van der Waals surface area contributed by atoms with Crippen LogP contribution in [0.3, 0.4) is 0 Å². The van der Waals surface area contributed by atoms with E-state index in [1.165, 1.54) is 40.0 Å². The van der Waals surface area contributed by atoms with Gasteiger partial charge in [0.05, 0.1) is 29.1 Å². The fourth-order valence-corrected chi connectivity index (χ4v) is 4.31. The Balaban J connectivity index is 1.39. The lowest BCUT2D eigenvalue weighted by atomic mass is 10.1. The van der Waals surface area contributed by atoms with Gasteiger partial charge in [0.25, 0.3) is 5.91 Å². The Morgan fingerprint density at radius 1 is 1.18 bits per heavy atom. The van der Waals surface area contributed by atoms with Crippen molar-refractivity contribution < 1.29 is 27.5 Å². The van der Waals surface area contributed by atoms with Crippen LogP contribution in [0.4, 0.5) is 18.9 Å². The average Bonchev–Trinajstić information content (AvgIpc) is 3.54. The van der Waals surface area contributed by atoms with Gasteiger partial charge in [0, 0.05) is 16.3 Å². The largest absolute Gasteiger partial charge is 0.455 e. The molecule has 0 aliphatic heterocycles. The van der Waals surface area contributed by atoms with Crippen molar-refractivity contribution in [2.24, 2.45) is 0 Å². The van der Waals surface area contributed by atoms with Gasteiger partial charge in [-0.05, 0) is 29.6 Å². The number of ether oxygens (including phenoxy) is 1. The molecule has 4 aromatic rings. The van der Waals surface area contributed by atoms with Gasteiger partial charge in [-0.2, -0.15) is 29.6 Å². The molecule has 13 heteroatoms. The number of amides is 1. The third-order valence-corrected chi connectivity index (χ3v) is 5.90. The number of hydrogen-bond acceptors (Lipinski definition) is 8. The first kappa shape index (κ1) is 22.6. The van der Waals surface area contributed by atoms with Crippen molar-refractivity contribution in [2.45, 2.75) is 12.6 Å². The van der Waals surface area contributed by atoms with Crippen molar-refractivity contribution in [3.63, 3.8) is 0 Å². The number of carbonyl (C=O) groups is 2. The molecule has 0 fully saturated rings. The van der Waals surface area contributed by atoms with Gasteiger partial charge in [0.2, 0.25) is 0 Å². The number of halogens is 3. The Labute approximate surface area is 192 Å². The third kappa shape index (κ3) is 5.62. The molecule has 0 bridgehead atoms. The van der Waals surface area contributed by atoms with Crippen LogP contribution in [-0.2, 0) is 26.9 Å². The van der Waals surface area contributed by atoms with Crippen molar-refractivity contribution in [1.82, 2.24) is 19.7 Å². The lowest BCUT2D eigenvalue weighted by Crippen LogP contribution is -2.23. The summed E-state index contributed by atoms with van der Waals surface area (Å²) in [7, 11) is 0. The van der Waals surface area contributed by atoms with Crippen LogP contribution in [0.25, 0.3) is 16.3 Å². The Morgan fingerprint density at radius 2 is 2.03 bits per heavy atom. The highest BCUT2D eigenvalue weighted by atomic mass is 32.1. The number of alkyl halides is 3. The van der Waals surface area contributed by atoms with Gasteiger partial charge in [-0.1, -0.05) is 0 Å². The molecule has 8 nitrogen and oxygen atoms in total. The number of esters is 1. The number of carbonyl (C=O) groups excluding carboxylic acids is 2. The molecule has 170 valence electrons. The van der Waals surface area contributed by atoms with Crippen LogP contribution in [-0.4, -0.2) is 38.2 Å². The Hall–Kier alpha value is -3.58. The number of hydrogen-bond donors (Lipinski definition) is 1. The molecular formula is C20H14F3N5O3S2. The molecule has 3 heterocycles. The molecule has 0 unspecified atom stereocenters. The maximum Gasteiger partial charge on any atom is 0.416 e. The first-order valence-electron chi connectivity index (χ1n) is 9.28. The van der Waals surface area contributed by atoms with E-state index in [0.29, 0.717) is 5.69 Å². The van der Waals surface area contributed by atoms with E-state index >= 15 is 0 Å². The number of nitrogens with zero attached hydrogens (tertiary/aromatic N) is 4. The second kappa shape index (κ2) is 9.50. The van der Waals surface area contributed by atoms with Gasteiger partial charge < -0.3 is 10.1 Å². The summed E-state index contributed by atoms with van der Waals surface area (Å²) in [6, 6.07) is 4.71. The van der Waals surface area contributed by atoms with Crippen molar-refractivity contribution >= 4 is 40.2 Å². The van der Waals surface area contributed by atoms with Crippen molar-refractivity contribution in [1.29, 1.82) is 0 Å². The number of benzene rings is 1. The number of aromatic nitrogens is 4. The van der Waals surface area contributed by atoms with E-state index in [1.54, 1.807) is 5.38 Å². The average molecular weight is 493 g/mol. The maximum absolute atomic E-state index is 13.1. The minimum atomic E-state index is -4.61. The molecular weight excluding hydrogens is 479 g/mol. The van der Waals surface area contributed by atoms with Crippen LogP contribution in [0.2, 0.25) is 0 Å². The molecule has 0 atom stereocenters. The molecule has 0 saturated carbocycles. The second-order valence-corrected chi connectivity index (χ2v) is 8.25. The SMILES string of the molecule is O=C(COC(=O)Cc1csc(-c2ccsc2)n1)Nc1cc(C(F)(F)F)ccc1-n1cncn1. The molecule has 1 amide bonds. The molecule has 1 N–H and O–H groups in total. The topological polar surface area (TPSA) is 99.0 Å². The molecule has 0 radical (unpaired) electrons. The second-order valence-electron chi connectivity index (χ2n) is 6.61. The summed E-state index contributed by atoms with van der Waals surface area (Å²) in [5.41, 5.74) is 0.509. The Bertz CT molecular complexity index is 1250. The smallest absolute Gasteiger partial charge is 0.416 e. The van der Waals surface area contributed by atoms with E-state index in [1.807, 2.05) is 16.8 Å². The van der Waals surface area contributed by atoms with Crippen molar-refractivity contribution in [3.05, 3.63) is 64.3 Å². The van der Waals surface area contributed by atoms with Crippen LogP contribution in [0, 0.1) is 0 Å². The number of nitrogens with one attached hydrogen (secondary N) is 1. The predicted octanol–water partition coefficient (Wildman–Crippen LogP) is 4.20. The molecule has 4 rings (SSSR count). The third-order valence-electron chi connectivity index (χ3n) is 4.27. The van der Waals surface area contributed by atoms with Crippen LogP contribution in [0.15, 0.2) is 53.1 Å². The van der Waals surface area contributed by atoms with Gasteiger partial charge in [-0.15, -0.1) is 11.3 Å². The molecule has 0 saturated heterocycles. The van der Waals surface area contributed by atoms with Crippen molar-refractivity contribution in [3.8, 4) is 16.3 Å². The minimum Gasteiger partial charge on any atom is -0.455 e. The highest BCUT2D eigenvalue weighted by Gasteiger charge is 2.31. The van der Waals surface area contributed by atoms with Gasteiger partial charge in [-0.3, -0.25) is 9.59 Å². The van der Waals surface area contributed by atoms with Gasteiger partial charge >= 0.3 is 12.1 Å². The molecule has 33 heavy (non-hydrogen) atoms. The van der Waals surface area contributed by atoms with Crippen LogP contribution < -0.4 is 5.32 Å². The standard InChI is InChI=1S/C20H14F3N5O3S2/c21-20(22,23)13-1-2-16(28-11-24-10-25-28)15(5-13)27-17(29)7-31-18(30)6-14-9-33-19(26-14)12-3-4-32-8-12/h1-5,8-11H,6-7H2,(H,27,29). The van der Waals surface area contributed by atoms with E-state index in [0.717, 1.165) is 28.8 Å².